The Kier molecular flexibility index (Phi) is 7.20. The summed E-state index contributed by atoms with van der Waals surface area (Å²) in [6.45, 7) is 4.72. The number of aromatic nitrogens is 1. The fraction of sp³-hybridized carbons (Fsp3) is 0.379. The molecule has 4 heterocycles. The molecule has 0 radical (unpaired) electrons. The summed E-state index contributed by atoms with van der Waals surface area (Å²) in [6.07, 6.45) is 15.8. The van der Waals surface area contributed by atoms with Crippen LogP contribution in [0.3, 0.4) is 0 Å². The van der Waals surface area contributed by atoms with Gasteiger partial charge in [0.25, 0.3) is 0 Å². The van der Waals surface area contributed by atoms with Gasteiger partial charge in [-0.1, -0.05) is 29.6 Å². The molecule has 0 bridgehead atoms. The van der Waals surface area contributed by atoms with Gasteiger partial charge in [-0.3, -0.25) is 4.79 Å². The molecular formula is C29H33N5O3S. The summed E-state index contributed by atoms with van der Waals surface area (Å²) in [5, 5.41) is 3.84. The first-order valence-electron chi connectivity index (χ1n) is 13.4. The number of nitrogens with zero attached hydrogens (tertiary/aromatic N) is 3. The Morgan fingerprint density at radius 1 is 1.08 bits per heavy atom. The number of carbonyl (C=O) groups is 1. The minimum Gasteiger partial charge on any atom is -0.465 e. The molecule has 0 atom stereocenters. The zero-order chi connectivity index (χ0) is 25.9. The van der Waals surface area contributed by atoms with Gasteiger partial charge in [-0.05, 0) is 81.5 Å². The molecule has 3 aliphatic heterocycles. The van der Waals surface area contributed by atoms with E-state index in [4.69, 9.17) is 15.2 Å². The predicted octanol–water partition coefficient (Wildman–Crippen LogP) is 5.72. The average Bonchev–Trinajstić information content (AvgIpc) is 3.64. The van der Waals surface area contributed by atoms with Crippen LogP contribution in [0.15, 0.2) is 72.1 Å². The van der Waals surface area contributed by atoms with Crippen molar-refractivity contribution < 1.29 is 14.3 Å². The highest BCUT2D eigenvalue weighted by Gasteiger charge is 2.27. The number of likely N-dealkylation sites (tertiary alicyclic amines) is 1. The predicted molar refractivity (Wildman–Crippen MR) is 151 cm³/mol. The van der Waals surface area contributed by atoms with Gasteiger partial charge in [-0.2, -0.15) is 0 Å². The molecule has 38 heavy (non-hydrogen) atoms. The lowest BCUT2D eigenvalue weighted by Crippen LogP contribution is -2.43. The summed E-state index contributed by atoms with van der Waals surface area (Å²) in [4.78, 5) is 23.0. The third-order valence-corrected chi connectivity index (χ3v) is 8.57. The number of ketones is 1. The van der Waals surface area contributed by atoms with Crippen LogP contribution in [0.2, 0.25) is 0 Å². The molecule has 1 aromatic heterocycles. The fourth-order valence-electron chi connectivity index (χ4n) is 5.51. The first-order valence-corrected chi connectivity index (χ1v) is 14.2. The summed E-state index contributed by atoms with van der Waals surface area (Å²) in [5.41, 5.74) is 9.25. The van der Waals surface area contributed by atoms with Crippen molar-refractivity contribution in [3.8, 4) is 0 Å². The minimum absolute atomic E-state index is 0.0951. The van der Waals surface area contributed by atoms with Gasteiger partial charge in [-0.25, -0.2) is 4.98 Å². The van der Waals surface area contributed by atoms with Crippen molar-refractivity contribution in [1.29, 1.82) is 0 Å². The molecule has 1 aromatic carbocycles. The summed E-state index contributed by atoms with van der Waals surface area (Å²) >= 11 is 1.20. The van der Waals surface area contributed by atoms with E-state index >= 15 is 0 Å². The Labute approximate surface area is 227 Å². The molecule has 0 unspecified atom stereocenters. The summed E-state index contributed by atoms with van der Waals surface area (Å²) in [6, 6.07) is 9.12. The molecule has 1 aliphatic carbocycles. The second kappa shape index (κ2) is 11.0. The smallest absolute Gasteiger partial charge is 0.245 e. The van der Waals surface area contributed by atoms with Crippen molar-refractivity contribution in [2.45, 2.75) is 44.6 Å². The van der Waals surface area contributed by atoms with Gasteiger partial charge in [0.2, 0.25) is 11.5 Å². The normalized spacial score (nSPS) is 20.3. The van der Waals surface area contributed by atoms with E-state index in [2.05, 4.69) is 38.3 Å². The third-order valence-electron chi connectivity index (χ3n) is 7.59. The number of thiazole rings is 1. The molecule has 0 spiro atoms. The minimum atomic E-state index is -0.349. The van der Waals surface area contributed by atoms with E-state index in [0.29, 0.717) is 15.8 Å². The van der Waals surface area contributed by atoms with Crippen LogP contribution in [-0.4, -0.2) is 47.9 Å². The molecule has 0 amide bonds. The van der Waals surface area contributed by atoms with Crippen molar-refractivity contribution in [3.05, 3.63) is 77.0 Å². The van der Waals surface area contributed by atoms with Gasteiger partial charge in [0.1, 0.15) is 23.2 Å². The molecule has 2 saturated heterocycles. The van der Waals surface area contributed by atoms with E-state index in [1.54, 1.807) is 0 Å². The number of ether oxygens (including phenoxy) is 2. The SMILES string of the molecule is Nc1nc(Nc2ccc(N3CCC(N4CCCC4)CC3)cc2)sc1C(=O)C1=COC=C(C2=CC=CCC2)O1. The van der Waals surface area contributed by atoms with Crippen molar-refractivity contribution in [2.24, 2.45) is 0 Å². The number of hydrogen-bond acceptors (Lipinski definition) is 9. The second-order valence-corrected chi connectivity index (χ2v) is 11.1. The summed E-state index contributed by atoms with van der Waals surface area (Å²) in [7, 11) is 0. The van der Waals surface area contributed by atoms with Gasteiger partial charge in [0.15, 0.2) is 10.9 Å². The Bertz CT molecular complexity index is 1300. The van der Waals surface area contributed by atoms with Crippen molar-refractivity contribution in [2.75, 3.05) is 42.1 Å². The van der Waals surface area contributed by atoms with E-state index < -0.39 is 0 Å². The molecular weight excluding hydrogens is 498 g/mol. The number of nitrogens with two attached hydrogens (primary N) is 1. The standard InChI is InChI=1S/C29H33N5O3S/c30-28-27(26(35)25-19-36-18-24(37-25)20-6-2-1-3-7-20)38-29(32-28)31-21-8-10-22(11-9-21)34-16-12-23(13-17-34)33-14-4-5-15-33/h1-2,6,8-11,18-19,23H,3-5,7,12-17,30H2,(H,31,32). The lowest BCUT2D eigenvalue weighted by atomic mass is 10.0. The van der Waals surface area contributed by atoms with Gasteiger partial charge in [-0.15, -0.1) is 0 Å². The van der Waals surface area contributed by atoms with Gasteiger partial charge in [0, 0.05) is 30.5 Å². The number of nitrogens with one attached hydrogen (secondary N) is 1. The number of piperidine rings is 1. The topological polar surface area (TPSA) is 93.0 Å². The van der Waals surface area contributed by atoms with Crippen LogP contribution in [0.1, 0.15) is 48.2 Å². The maximum absolute atomic E-state index is 13.2. The van der Waals surface area contributed by atoms with E-state index in [9.17, 15) is 4.79 Å². The first-order chi connectivity index (χ1) is 18.6. The Balaban J connectivity index is 1.06. The van der Waals surface area contributed by atoms with Crippen molar-refractivity contribution >= 4 is 39.4 Å². The number of nitrogen functional groups attached to an aromatic ring is 1. The van der Waals surface area contributed by atoms with Crippen LogP contribution in [0.4, 0.5) is 22.3 Å². The summed E-state index contributed by atoms with van der Waals surface area (Å²) in [5.74, 6) is 0.457. The van der Waals surface area contributed by atoms with E-state index in [-0.39, 0.29) is 17.4 Å². The molecule has 3 N–H and O–H groups in total. The molecule has 4 aliphatic rings. The average molecular weight is 532 g/mol. The number of rotatable bonds is 7. The van der Waals surface area contributed by atoms with Crippen LogP contribution in [0, 0.1) is 0 Å². The largest absolute Gasteiger partial charge is 0.465 e. The second-order valence-electron chi connectivity index (χ2n) is 10.1. The van der Waals surface area contributed by atoms with Crippen LogP contribution in [0.5, 0.6) is 0 Å². The Hall–Kier alpha value is -3.56. The van der Waals surface area contributed by atoms with Crippen LogP contribution in [0.25, 0.3) is 0 Å². The molecule has 0 saturated carbocycles. The van der Waals surface area contributed by atoms with E-state index in [0.717, 1.165) is 43.2 Å². The number of benzene rings is 1. The maximum atomic E-state index is 13.2. The van der Waals surface area contributed by atoms with Crippen molar-refractivity contribution in [1.82, 2.24) is 9.88 Å². The van der Waals surface area contributed by atoms with E-state index in [1.807, 2.05) is 24.3 Å². The van der Waals surface area contributed by atoms with Crippen LogP contribution >= 0.6 is 11.3 Å². The number of allylic oxidation sites excluding steroid dienone is 5. The zero-order valence-corrected chi connectivity index (χ0v) is 22.2. The van der Waals surface area contributed by atoms with Gasteiger partial charge >= 0.3 is 0 Å². The Morgan fingerprint density at radius 3 is 2.61 bits per heavy atom. The highest BCUT2D eigenvalue weighted by molar-refractivity contribution is 7.18. The Morgan fingerprint density at radius 2 is 1.87 bits per heavy atom. The number of carbonyl (C=O) groups excluding carboxylic acids is 1. The zero-order valence-electron chi connectivity index (χ0n) is 21.4. The first kappa shape index (κ1) is 24.8. The molecule has 8 nitrogen and oxygen atoms in total. The van der Waals surface area contributed by atoms with Crippen LogP contribution < -0.4 is 16.0 Å². The van der Waals surface area contributed by atoms with E-state index in [1.165, 1.54) is 68.3 Å². The highest BCUT2D eigenvalue weighted by atomic mass is 32.1. The molecule has 9 heteroatoms. The number of anilines is 4. The van der Waals surface area contributed by atoms with Gasteiger partial charge in [0.05, 0.1) is 0 Å². The molecule has 198 valence electrons. The lowest BCUT2D eigenvalue weighted by molar-refractivity contribution is 0.0938. The number of hydrogen-bond donors (Lipinski definition) is 2. The quantitative estimate of drug-likeness (QED) is 0.438. The number of Topliss-reactive ketones (excluding diaryl/α,β-unsaturated/α-hetero) is 1. The highest BCUT2D eigenvalue weighted by Crippen LogP contribution is 2.33. The molecule has 2 aromatic rings. The lowest BCUT2D eigenvalue weighted by Gasteiger charge is -2.37. The van der Waals surface area contributed by atoms with Crippen LogP contribution in [-0.2, 0) is 9.47 Å². The maximum Gasteiger partial charge on any atom is 0.245 e. The van der Waals surface area contributed by atoms with Crippen molar-refractivity contribution in [3.63, 3.8) is 0 Å². The summed E-state index contributed by atoms with van der Waals surface area (Å²) < 4.78 is 11.3. The monoisotopic (exact) mass is 531 g/mol. The third kappa shape index (κ3) is 5.35. The molecule has 2 fully saturated rings. The molecule has 6 rings (SSSR count). The van der Waals surface area contributed by atoms with Gasteiger partial charge < -0.3 is 30.3 Å². The fourth-order valence-corrected chi connectivity index (χ4v) is 6.36.